The molecule has 0 bridgehead atoms. The lowest BCUT2D eigenvalue weighted by Crippen LogP contribution is -2.41. The van der Waals surface area contributed by atoms with Crippen molar-refractivity contribution in [1.82, 2.24) is 5.32 Å². The Balaban J connectivity index is 1.47. The number of ether oxygens (including phenoxy) is 2. The van der Waals surface area contributed by atoms with E-state index in [2.05, 4.69) is 5.32 Å². The van der Waals surface area contributed by atoms with E-state index >= 15 is 0 Å². The Kier molecular flexibility index (Phi) is 5.08. The van der Waals surface area contributed by atoms with E-state index in [1.165, 1.54) is 23.5 Å². The van der Waals surface area contributed by atoms with E-state index in [0.29, 0.717) is 12.3 Å². The zero-order chi connectivity index (χ0) is 17.8. The highest BCUT2D eigenvalue weighted by atomic mass is 32.1. The molecular weight excluding hydrogens is 344 g/mol. The molecule has 0 radical (unpaired) electrons. The molecule has 0 spiro atoms. The van der Waals surface area contributed by atoms with Crippen LogP contribution >= 0.6 is 11.3 Å². The molecule has 1 saturated heterocycles. The molecule has 2 atom stereocenters. The lowest BCUT2D eigenvalue weighted by Gasteiger charge is -2.16. The van der Waals surface area contributed by atoms with Gasteiger partial charge in [-0.1, -0.05) is 0 Å². The highest BCUT2D eigenvalue weighted by Gasteiger charge is 2.33. The zero-order valence-electron chi connectivity index (χ0n) is 13.5. The number of phenols is 1. The minimum atomic E-state index is -0.713. The second-order valence-corrected chi connectivity index (χ2v) is 6.49. The Morgan fingerprint density at radius 2 is 2.20 bits per heavy atom. The van der Waals surface area contributed by atoms with E-state index in [9.17, 15) is 14.7 Å². The van der Waals surface area contributed by atoms with Gasteiger partial charge in [-0.3, -0.25) is 9.69 Å². The van der Waals surface area contributed by atoms with Crippen molar-refractivity contribution in [3.05, 3.63) is 41.8 Å². The van der Waals surface area contributed by atoms with Crippen molar-refractivity contribution in [2.24, 2.45) is 0 Å². The van der Waals surface area contributed by atoms with Crippen LogP contribution in [0.25, 0.3) is 0 Å². The van der Waals surface area contributed by atoms with E-state index in [4.69, 9.17) is 9.47 Å². The minimum absolute atomic E-state index is 0.128. The number of cyclic esters (lactones) is 1. The maximum absolute atomic E-state index is 12.1. The summed E-state index contributed by atoms with van der Waals surface area (Å²) in [5, 5.41) is 14.7. The molecule has 0 aliphatic carbocycles. The monoisotopic (exact) mass is 362 g/mol. The summed E-state index contributed by atoms with van der Waals surface area (Å²) in [5.41, 5.74) is 0. The summed E-state index contributed by atoms with van der Waals surface area (Å²) in [6, 6.07) is 9.84. The molecule has 1 aliphatic heterocycles. The first kappa shape index (κ1) is 17.1. The summed E-state index contributed by atoms with van der Waals surface area (Å²) in [6.07, 6.45) is -1.52. The third-order valence-electron chi connectivity index (χ3n) is 3.67. The van der Waals surface area contributed by atoms with Crippen molar-refractivity contribution in [2.45, 2.75) is 19.1 Å². The number of nitrogens with zero attached hydrogens (tertiary/aromatic N) is 1. The third-order valence-corrected chi connectivity index (χ3v) is 4.56. The highest BCUT2D eigenvalue weighted by Crippen LogP contribution is 2.26. The van der Waals surface area contributed by atoms with Gasteiger partial charge in [0.1, 0.15) is 22.6 Å². The van der Waals surface area contributed by atoms with Crippen molar-refractivity contribution in [3.63, 3.8) is 0 Å². The lowest BCUT2D eigenvalue weighted by molar-refractivity contribution is -0.127. The molecule has 2 N–H and O–H groups in total. The minimum Gasteiger partial charge on any atom is -0.508 e. The van der Waals surface area contributed by atoms with Crippen LogP contribution in [0.1, 0.15) is 6.92 Å². The standard InChI is InChI=1S/C17H18N2O5S/c1-11(23-13-6-4-12(20)5-7-13)16(21)18-9-14-10-19(17(22)24-14)15-3-2-8-25-15/h2-8,11,14,20H,9-10H2,1H3,(H,18,21). The van der Waals surface area contributed by atoms with Gasteiger partial charge < -0.3 is 19.9 Å². The summed E-state index contributed by atoms with van der Waals surface area (Å²) < 4.78 is 10.8. The third kappa shape index (κ3) is 4.21. The molecule has 1 fully saturated rings. The molecule has 2 unspecified atom stereocenters. The van der Waals surface area contributed by atoms with Gasteiger partial charge in [-0.2, -0.15) is 0 Å². The number of nitrogens with one attached hydrogen (secondary N) is 1. The van der Waals surface area contributed by atoms with Gasteiger partial charge in [0, 0.05) is 0 Å². The zero-order valence-corrected chi connectivity index (χ0v) is 14.4. The quantitative estimate of drug-likeness (QED) is 0.824. The number of carbonyl (C=O) groups excluding carboxylic acids is 2. The fraction of sp³-hybridized carbons (Fsp3) is 0.294. The van der Waals surface area contributed by atoms with E-state index in [0.717, 1.165) is 5.00 Å². The fourth-order valence-corrected chi connectivity index (χ4v) is 3.10. The second kappa shape index (κ2) is 7.43. The molecular formula is C17H18N2O5S. The SMILES string of the molecule is CC(Oc1ccc(O)cc1)C(=O)NCC1CN(c2cccs2)C(=O)O1. The van der Waals surface area contributed by atoms with Crippen LogP contribution in [0.2, 0.25) is 0 Å². The van der Waals surface area contributed by atoms with Gasteiger partial charge >= 0.3 is 6.09 Å². The number of benzene rings is 1. The summed E-state index contributed by atoms with van der Waals surface area (Å²) >= 11 is 1.46. The number of carbonyl (C=O) groups is 2. The normalized spacial score (nSPS) is 17.9. The predicted octanol–water partition coefficient (Wildman–Crippen LogP) is 2.36. The van der Waals surface area contributed by atoms with E-state index in [1.54, 1.807) is 24.0 Å². The summed E-state index contributed by atoms with van der Waals surface area (Å²) in [6.45, 7) is 2.24. The molecule has 1 aliphatic rings. The number of hydrogen-bond acceptors (Lipinski definition) is 6. The number of thiophene rings is 1. The molecule has 7 nitrogen and oxygen atoms in total. The molecule has 2 aromatic rings. The fourth-order valence-electron chi connectivity index (χ4n) is 2.37. The molecule has 132 valence electrons. The molecule has 25 heavy (non-hydrogen) atoms. The van der Waals surface area contributed by atoms with Crippen LogP contribution in [0, 0.1) is 0 Å². The van der Waals surface area contributed by atoms with Crippen LogP contribution in [0.5, 0.6) is 11.5 Å². The number of amides is 2. The maximum atomic E-state index is 12.1. The summed E-state index contributed by atoms with van der Waals surface area (Å²) in [5.74, 6) is 0.304. The topological polar surface area (TPSA) is 88.1 Å². The molecule has 3 rings (SSSR count). The van der Waals surface area contributed by atoms with Gasteiger partial charge in [-0.15, -0.1) is 11.3 Å². The van der Waals surface area contributed by atoms with Crippen molar-refractivity contribution in [1.29, 1.82) is 0 Å². The average molecular weight is 362 g/mol. The van der Waals surface area contributed by atoms with Gasteiger partial charge in [-0.25, -0.2) is 4.79 Å². The van der Waals surface area contributed by atoms with Gasteiger partial charge in [0.05, 0.1) is 13.1 Å². The van der Waals surface area contributed by atoms with Crippen LogP contribution in [-0.4, -0.2) is 42.4 Å². The largest absolute Gasteiger partial charge is 0.508 e. The highest BCUT2D eigenvalue weighted by molar-refractivity contribution is 7.14. The summed E-state index contributed by atoms with van der Waals surface area (Å²) in [4.78, 5) is 25.6. The van der Waals surface area contributed by atoms with Crippen LogP contribution in [0.15, 0.2) is 41.8 Å². The number of rotatable bonds is 6. The van der Waals surface area contributed by atoms with E-state index in [-0.39, 0.29) is 18.2 Å². The number of aromatic hydroxyl groups is 1. The number of phenolic OH excluding ortho intramolecular Hbond substituents is 1. The van der Waals surface area contributed by atoms with E-state index < -0.39 is 18.3 Å². The number of hydrogen-bond donors (Lipinski definition) is 2. The van der Waals surface area contributed by atoms with Crippen molar-refractivity contribution < 1.29 is 24.2 Å². The van der Waals surface area contributed by atoms with Gasteiger partial charge in [0.25, 0.3) is 5.91 Å². The Labute approximate surface area is 148 Å². The Bertz CT molecular complexity index is 732. The molecule has 8 heteroatoms. The molecule has 2 heterocycles. The predicted molar refractivity (Wildman–Crippen MR) is 93.1 cm³/mol. The van der Waals surface area contributed by atoms with Crippen molar-refractivity contribution in [2.75, 3.05) is 18.0 Å². The average Bonchev–Trinajstić information content (AvgIpc) is 3.24. The maximum Gasteiger partial charge on any atom is 0.415 e. The molecule has 1 aromatic carbocycles. The first-order valence-corrected chi connectivity index (χ1v) is 8.66. The molecule has 0 saturated carbocycles. The molecule has 1 aromatic heterocycles. The first-order chi connectivity index (χ1) is 12.0. The Hall–Kier alpha value is -2.74. The Morgan fingerprint density at radius 3 is 2.88 bits per heavy atom. The summed E-state index contributed by atoms with van der Waals surface area (Å²) in [7, 11) is 0. The lowest BCUT2D eigenvalue weighted by atomic mass is 10.3. The van der Waals surface area contributed by atoms with Crippen LogP contribution in [-0.2, 0) is 9.53 Å². The molecule has 2 amide bonds. The smallest absolute Gasteiger partial charge is 0.415 e. The Morgan fingerprint density at radius 1 is 1.44 bits per heavy atom. The second-order valence-electron chi connectivity index (χ2n) is 5.57. The van der Waals surface area contributed by atoms with E-state index in [1.807, 2.05) is 17.5 Å². The van der Waals surface area contributed by atoms with Crippen LogP contribution < -0.4 is 15.0 Å². The van der Waals surface area contributed by atoms with Crippen molar-refractivity contribution in [3.8, 4) is 11.5 Å². The number of anilines is 1. The van der Waals surface area contributed by atoms with Crippen molar-refractivity contribution >= 4 is 28.3 Å². The van der Waals surface area contributed by atoms with Gasteiger partial charge in [-0.05, 0) is 48.7 Å². The first-order valence-electron chi connectivity index (χ1n) is 7.78. The van der Waals surface area contributed by atoms with Gasteiger partial charge in [0.15, 0.2) is 6.10 Å². The van der Waals surface area contributed by atoms with Crippen LogP contribution in [0.4, 0.5) is 9.80 Å². The van der Waals surface area contributed by atoms with Gasteiger partial charge in [0.2, 0.25) is 0 Å². The van der Waals surface area contributed by atoms with Crippen LogP contribution in [0.3, 0.4) is 0 Å².